The average Bonchev–Trinajstić information content (AvgIpc) is 3.10. The Hall–Kier alpha value is -1.50. The summed E-state index contributed by atoms with van der Waals surface area (Å²) >= 11 is 0. The number of unbranched alkanes of at least 4 members (excludes halogenated alkanes) is 12. The minimum absolute atomic E-state index is 0.169. The van der Waals surface area contributed by atoms with Crippen LogP contribution < -0.4 is 0 Å². The van der Waals surface area contributed by atoms with E-state index in [1.807, 2.05) is 0 Å². The first-order chi connectivity index (χ1) is 24.0. The topological polar surface area (TPSA) is 231 Å². The van der Waals surface area contributed by atoms with Gasteiger partial charge in [0.15, 0.2) is 18.7 Å². The third kappa shape index (κ3) is 16.0. The van der Waals surface area contributed by atoms with Gasteiger partial charge in [-0.3, -0.25) is 9.59 Å². The molecule has 2 fully saturated rings. The molecule has 0 saturated carbocycles. The fraction of sp³-hybridized carbons (Fsp3) is 0.943. The van der Waals surface area contributed by atoms with E-state index in [2.05, 4.69) is 13.8 Å². The summed E-state index contributed by atoms with van der Waals surface area (Å²) in [6, 6.07) is 0. The second-order valence-corrected chi connectivity index (χ2v) is 13.4. The molecular weight excluding hydrogens is 660 g/mol. The lowest BCUT2D eigenvalue weighted by Gasteiger charge is -2.42. The largest absolute Gasteiger partial charge is 0.462 e. The molecule has 2 aliphatic rings. The quantitative estimate of drug-likeness (QED) is 0.0493. The summed E-state index contributed by atoms with van der Waals surface area (Å²) in [5.41, 5.74) is 0. The maximum atomic E-state index is 12.7. The number of hydrogen-bond acceptors (Lipinski definition) is 15. The van der Waals surface area contributed by atoms with Gasteiger partial charge in [0, 0.05) is 12.8 Å². The SMILES string of the molecule is CCCCCCCCCCC(=O)OC(COC(=O)CCCCCCCC)COC1OC(COC2OC(CO)C(O)C(O)C2O)C(O)C(O)C1O. The Balaban J connectivity index is 1.94. The van der Waals surface area contributed by atoms with Crippen LogP contribution in [-0.4, -0.2) is 142 Å². The molecule has 0 aromatic heterocycles. The van der Waals surface area contributed by atoms with Crippen LogP contribution in [0.2, 0.25) is 0 Å². The van der Waals surface area contributed by atoms with Crippen LogP contribution in [0.3, 0.4) is 0 Å². The van der Waals surface area contributed by atoms with Gasteiger partial charge in [0.2, 0.25) is 0 Å². The van der Waals surface area contributed by atoms with Crippen LogP contribution in [0.15, 0.2) is 0 Å². The van der Waals surface area contributed by atoms with Gasteiger partial charge in [0.25, 0.3) is 0 Å². The molecule has 0 aromatic rings. The number of hydrogen-bond donors (Lipinski definition) is 7. The van der Waals surface area contributed by atoms with Crippen molar-refractivity contribution in [1.82, 2.24) is 0 Å². The Morgan fingerprint density at radius 1 is 0.560 bits per heavy atom. The predicted molar refractivity (Wildman–Crippen MR) is 178 cm³/mol. The number of ether oxygens (including phenoxy) is 6. The molecule has 11 unspecified atom stereocenters. The molecule has 0 aromatic carbocycles. The van der Waals surface area contributed by atoms with E-state index in [9.17, 15) is 45.3 Å². The third-order valence-electron chi connectivity index (χ3n) is 9.09. The van der Waals surface area contributed by atoms with Crippen LogP contribution in [0.1, 0.15) is 117 Å². The van der Waals surface area contributed by atoms with Gasteiger partial charge in [-0.1, -0.05) is 90.9 Å². The number of rotatable bonds is 26. The highest BCUT2D eigenvalue weighted by atomic mass is 16.7. The van der Waals surface area contributed by atoms with Gasteiger partial charge in [-0.15, -0.1) is 0 Å². The Morgan fingerprint density at radius 2 is 1.02 bits per heavy atom. The number of aliphatic hydroxyl groups excluding tert-OH is 7. The molecule has 7 N–H and O–H groups in total. The first-order valence-corrected chi connectivity index (χ1v) is 18.6. The predicted octanol–water partition coefficient (Wildman–Crippen LogP) is 1.36. The molecule has 0 amide bonds. The molecule has 2 aliphatic heterocycles. The highest BCUT2D eigenvalue weighted by molar-refractivity contribution is 5.70. The van der Waals surface area contributed by atoms with Gasteiger partial charge in [-0.05, 0) is 12.8 Å². The summed E-state index contributed by atoms with van der Waals surface area (Å²) in [5, 5.41) is 71.3. The Bertz CT molecular complexity index is 907. The lowest BCUT2D eigenvalue weighted by atomic mass is 9.98. The number of carbonyl (C=O) groups excluding carboxylic acids is 2. The molecule has 50 heavy (non-hydrogen) atoms. The monoisotopic (exact) mass is 724 g/mol. The summed E-state index contributed by atoms with van der Waals surface area (Å²) in [6.07, 6.45) is -1.99. The van der Waals surface area contributed by atoms with E-state index in [1.54, 1.807) is 0 Å². The van der Waals surface area contributed by atoms with Crippen molar-refractivity contribution in [3.05, 3.63) is 0 Å². The van der Waals surface area contributed by atoms with E-state index in [4.69, 9.17) is 28.4 Å². The zero-order valence-corrected chi connectivity index (χ0v) is 29.9. The van der Waals surface area contributed by atoms with Crippen molar-refractivity contribution >= 4 is 11.9 Å². The summed E-state index contributed by atoms with van der Waals surface area (Å²) in [5.74, 6) is -0.939. The highest BCUT2D eigenvalue weighted by Crippen LogP contribution is 2.26. The minimum atomic E-state index is -1.75. The van der Waals surface area contributed by atoms with Crippen LogP contribution in [0, 0.1) is 0 Å². The van der Waals surface area contributed by atoms with E-state index in [1.165, 1.54) is 25.7 Å². The lowest BCUT2D eigenvalue weighted by molar-refractivity contribution is -0.332. The Labute approximate surface area is 296 Å². The van der Waals surface area contributed by atoms with Crippen LogP contribution in [-0.2, 0) is 38.0 Å². The molecule has 2 rings (SSSR count). The Morgan fingerprint density at radius 3 is 1.56 bits per heavy atom. The molecule has 2 heterocycles. The van der Waals surface area contributed by atoms with Crippen molar-refractivity contribution in [2.75, 3.05) is 26.4 Å². The van der Waals surface area contributed by atoms with E-state index in [0.29, 0.717) is 12.8 Å². The van der Waals surface area contributed by atoms with Crippen LogP contribution in [0.4, 0.5) is 0 Å². The third-order valence-corrected chi connectivity index (χ3v) is 9.09. The zero-order chi connectivity index (χ0) is 36.9. The summed E-state index contributed by atoms with van der Waals surface area (Å²) in [4.78, 5) is 25.1. The fourth-order valence-electron chi connectivity index (χ4n) is 5.86. The lowest BCUT2D eigenvalue weighted by Crippen LogP contribution is -2.61. The van der Waals surface area contributed by atoms with E-state index >= 15 is 0 Å². The molecule has 15 heteroatoms. The molecule has 11 atom stereocenters. The van der Waals surface area contributed by atoms with Crippen molar-refractivity contribution in [2.45, 2.75) is 184 Å². The van der Waals surface area contributed by atoms with Crippen LogP contribution in [0.25, 0.3) is 0 Å². The maximum Gasteiger partial charge on any atom is 0.306 e. The van der Waals surface area contributed by atoms with E-state index in [0.717, 1.165) is 51.4 Å². The van der Waals surface area contributed by atoms with Crippen molar-refractivity contribution in [3.63, 3.8) is 0 Å². The molecule has 0 aliphatic carbocycles. The van der Waals surface area contributed by atoms with Crippen molar-refractivity contribution in [2.24, 2.45) is 0 Å². The van der Waals surface area contributed by atoms with Crippen molar-refractivity contribution in [3.8, 4) is 0 Å². The second kappa shape index (κ2) is 25.5. The highest BCUT2D eigenvalue weighted by Gasteiger charge is 2.47. The normalized spacial score (nSPS) is 30.6. The van der Waals surface area contributed by atoms with Gasteiger partial charge in [0.1, 0.15) is 55.4 Å². The second-order valence-electron chi connectivity index (χ2n) is 13.4. The van der Waals surface area contributed by atoms with Crippen molar-refractivity contribution in [1.29, 1.82) is 0 Å². The molecular formula is C35H64O15. The fourth-order valence-corrected chi connectivity index (χ4v) is 5.86. The van der Waals surface area contributed by atoms with Gasteiger partial charge in [-0.25, -0.2) is 0 Å². The number of aliphatic hydroxyl groups is 7. The number of esters is 2. The molecule has 294 valence electrons. The molecule has 0 bridgehead atoms. The molecule has 0 spiro atoms. The van der Waals surface area contributed by atoms with E-state index in [-0.39, 0.29) is 26.1 Å². The zero-order valence-electron chi connectivity index (χ0n) is 29.9. The van der Waals surface area contributed by atoms with Gasteiger partial charge in [0.05, 0.1) is 19.8 Å². The molecule has 0 radical (unpaired) electrons. The van der Waals surface area contributed by atoms with E-state index < -0.39 is 92.7 Å². The maximum absolute atomic E-state index is 12.7. The van der Waals surface area contributed by atoms with Gasteiger partial charge in [-0.2, -0.15) is 0 Å². The molecule has 2 saturated heterocycles. The average molecular weight is 725 g/mol. The van der Waals surface area contributed by atoms with Crippen molar-refractivity contribution < 1.29 is 73.8 Å². The van der Waals surface area contributed by atoms with Crippen LogP contribution in [0.5, 0.6) is 0 Å². The molecule has 15 nitrogen and oxygen atoms in total. The summed E-state index contributed by atoms with van der Waals surface area (Å²) < 4.78 is 33.1. The van der Waals surface area contributed by atoms with Crippen LogP contribution >= 0.6 is 0 Å². The minimum Gasteiger partial charge on any atom is -0.462 e. The number of carbonyl (C=O) groups is 2. The van der Waals surface area contributed by atoms with Gasteiger partial charge >= 0.3 is 11.9 Å². The van der Waals surface area contributed by atoms with Gasteiger partial charge < -0.3 is 64.2 Å². The Kier molecular flexibility index (Phi) is 22.8. The standard InChI is InChI=1S/C35H64O15/c1-3-5-7-9-11-12-14-16-18-27(38)48-23(20-45-26(37)17-15-13-10-8-6-4-2)21-46-34-33(44)31(42)29(40)25(50-34)22-47-35-32(43)30(41)28(39)24(19-36)49-35/h23-25,28-36,39-44H,3-22H2,1-2H3. The summed E-state index contributed by atoms with van der Waals surface area (Å²) in [7, 11) is 0. The first kappa shape index (κ1) is 44.7. The summed E-state index contributed by atoms with van der Waals surface area (Å²) in [6.45, 7) is 2.43. The smallest absolute Gasteiger partial charge is 0.306 e. The first-order valence-electron chi connectivity index (χ1n) is 18.6.